The van der Waals surface area contributed by atoms with Crippen molar-refractivity contribution in [2.75, 3.05) is 0 Å². The second-order valence-electron chi connectivity index (χ2n) is 7.88. The van der Waals surface area contributed by atoms with Crippen molar-refractivity contribution < 1.29 is 14.7 Å². The third kappa shape index (κ3) is 1.91. The molecule has 2 saturated carbocycles. The summed E-state index contributed by atoms with van der Waals surface area (Å²) in [5.74, 6) is 1.94. The molecule has 0 bridgehead atoms. The van der Waals surface area contributed by atoms with E-state index in [1.165, 1.54) is 12.0 Å². The molecule has 0 aliphatic heterocycles. The largest absolute Gasteiger partial charge is 0.377 e. The molecule has 0 aromatic carbocycles. The van der Waals surface area contributed by atoms with Crippen LogP contribution in [0.5, 0.6) is 0 Å². The van der Waals surface area contributed by atoms with Crippen LogP contribution in [0, 0.1) is 29.1 Å². The molecule has 3 aliphatic carbocycles. The Labute approximate surface area is 132 Å². The van der Waals surface area contributed by atoms with E-state index in [2.05, 4.69) is 13.5 Å². The molecule has 0 heterocycles. The van der Waals surface area contributed by atoms with Crippen LogP contribution in [0.25, 0.3) is 0 Å². The number of fused-ring (bicyclic) bond motifs is 3. The SMILES string of the molecule is C=C1CC2C(CC[C@@]3(C)[C@H]2CC=C(C=O)[C@]3(O)C=O)C[C@@H]1C. The predicted octanol–water partition coefficient (Wildman–Crippen LogP) is 3.08. The minimum Gasteiger partial charge on any atom is -0.377 e. The molecule has 0 radical (unpaired) electrons. The zero-order chi connectivity index (χ0) is 16.1. The van der Waals surface area contributed by atoms with Gasteiger partial charge in [0, 0.05) is 11.0 Å². The van der Waals surface area contributed by atoms with Crippen LogP contribution in [-0.2, 0) is 9.59 Å². The molecule has 2 fully saturated rings. The van der Waals surface area contributed by atoms with Crippen LogP contribution in [0.4, 0.5) is 0 Å². The lowest BCUT2D eigenvalue weighted by molar-refractivity contribution is -0.157. The van der Waals surface area contributed by atoms with Crippen molar-refractivity contribution in [2.45, 2.75) is 51.6 Å². The maximum absolute atomic E-state index is 11.7. The van der Waals surface area contributed by atoms with E-state index >= 15 is 0 Å². The van der Waals surface area contributed by atoms with Gasteiger partial charge in [-0.25, -0.2) is 0 Å². The number of carbonyl (C=O) groups is 2. The molecular weight excluding hydrogens is 276 g/mol. The fourth-order valence-electron chi connectivity index (χ4n) is 5.40. The summed E-state index contributed by atoms with van der Waals surface area (Å²) in [6, 6.07) is 0. The molecule has 3 aliphatic rings. The average molecular weight is 302 g/mol. The fourth-order valence-corrected chi connectivity index (χ4v) is 5.40. The van der Waals surface area contributed by atoms with Gasteiger partial charge in [-0.05, 0) is 55.8 Å². The molecule has 2 unspecified atom stereocenters. The molecule has 0 aromatic heterocycles. The van der Waals surface area contributed by atoms with E-state index in [9.17, 15) is 14.7 Å². The molecule has 22 heavy (non-hydrogen) atoms. The Kier molecular flexibility index (Phi) is 3.67. The number of allylic oxidation sites excluding steroid dienone is 2. The molecule has 120 valence electrons. The van der Waals surface area contributed by atoms with E-state index in [0.29, 0.717) is 30.3 Å². The standard InChI is InChI=1S/C19H26O3/c1-12-8-14-6-7-18(3)17(16(14)9-13(12)2)5-4-15(10-20)19(18,22)11-21/h4,10-12,14,16-17,22H,2,5-9H2,1,3H3/t12-,14?,16?,17-,18-,19+/m0/s1. The number of hydrogen-bond donors (Lipinski definition) is 1. The van der Waals surface area contributed by atoms with Gasteiger partial charge in [0.15, 0.2) is 11.9 Å². The Balaban J connectivity index is 2.01. The lowest BCUT2D eigenvalue weighted by Crippen LogP contribution is -2.60. The molecule has 0 saturated heterocycles. The molecule has 1 N–H and O–H groups in total. The van der Waals surface area contributed by atoms with Gasteiger partial charge in [0.2, 0.25) is 0 Å². The number of carbonyl (C=O) groups excluding carboxylic acids is 2. The normalized spacial score (nSPS) is 48.0. The first kappa shape index (κ1) is 15.7. The van der Waals surface area contributed by atoms with Gasteiger partial charge in [-0.3, -0.25) is 9.59 Å². The highest BCUT2D eigenvalue weighted by atomic mass is 16.3. The lowest BCUT2D eigenvalue weighted by atomic mass is 9.46. The summed E-state index contributed by atoms with van der Waals surface area (Å²) in [5, 5.41) is 11.0. The quantitative estimate of drug-likeness (QED) is 0.630. The third-order valence-electron chi connectivity index (χ3n) is 7.03. The van der Waals surface area contributed by atoms with Crippen LogP contribution in [0.1, 0.15) is 46.0 Å². The van der Waals surface area contributed by atoms with Crippen molar-refractivity contribution in [1.29, 1.82) is 0 Å². The molecule has 3 heteroatoms. The summed E-state index contributed by atoms with van der Waals surface area (Å²) < 4.78 is 0. The maximum Gasteiger partial charge on any atom is 0.156 e. The second kappa shape index (κ2) is 5.16. The third-order valence-corrected chi connectivity index (χ3v) is 7.03. The number of hydrogen-bond acceptors (Lipinski definition) is 3. The average Bonchev–Trinajstić information content (AvgIpc) is 2.50. The Morgan fingerprint density at radius 1 is 1.41 bits per heavy atom. The number of aldehydes is 2. The highest BCUT2D eigenvalue weighted by molar-refractivity contribution is 5.88. The zero-order valence-electron chi connectivity index (χ0n) is 13.5. The molecule has 6 atom stereocenters. The maximum atomic E-state index is 11.7. The van der Waals surface area contributed by atoms with Crippen LogP contribution >= 0.6 is 0 Å². The molecule has 0 aromatic rings. The van der Waals surface area contributed by atoms with Gasteiger partial charge in [0.05, 0.1) is 0 Å². The van der Waals surface area contributed by atoms with E-state index < -0.39 is 11.0 Å². The van der Waals surface area contributed by atoms with E-state index in [1.807, 2.05) is 6.92 Å². The Morgan fingerprint density at radius 3 is 2.77 bits per heavy atom. The monoisotopic (exact) mass is 302 g/mol. The highest BCUT2D eigenvalue weighted by Crippen LogP contribution is 2.61. The van der Waals surface area contributed by atoms with Crippen molar-refractivity contribution in [2.24, 2.45) is 29.1 Å². The summed E-state index contributed by atoms with van der Waals surface area (Å²) in [4.78, 5) is 23.0. The van der Waals surface area contributed by atoms with Gasteiger partial charge in [-0.2, -0.15) is 0 Å². The van der Waals surface area contributed by atoms with Crippen LogP contribution in [0.2, 0.25) is 0 Å². The lowest BCUT2D eigenvalue weighted by Gasteiger charge is -2.58. The van der Waals surface area contributed by atoms with Gasteiger partial charge in [-0.15, -0.1) is 0 Å². The number of aliphatic hydroxyl groups is 1. The minimum absolute atomic E-state index is 0.245. The first-order valence-electron chi connectivity index (χ1n) is 8.39. The van der Waals surface area contributed by atoms with E-state index in [-0.39, 0.29) is 11.5 Å². The second-order valence-corrected chi connectivity index (χ2v) is 7.88. The van der Waals surface area contributed by atoms with Crippen molar-refractivity contribution in [3.63, 3.8) is 0 Å². The Hall–Kier alpha value is -1.22. The Morgan fingerprint density at radius 2 is 2.14 bits per heavy atom. The molecule has 0 amide bonds. The summed E-state index contributed by atoms with van der Waals surface area (Å²) >= 11 is 0. The first-order chi connectivity index (χ1) is 10.4. The van der Waals surface area contributed by atoms with Gasteiger partial charge < -0.3 is 5.11 Å². The zero-order valence-corrected chi connectivity index (χ0v) is 13.5. The summed E-state index contributed by atoms with van der Waals surface area (Å²) in [5.41, 5.74) is -0.623. The van der Waals surface area contributed by atoms with Gasteiger partial charge >= 0.3 is 0 Å². The van der Waals surface area contributed by atoms with Gasteiger partial charge in [-0.1, -0.05) is 32.1 Å². The van der Waals surface area contributed by atoms with Crippen molar-refractivity contribution in [3.05, 3.63) is 23.8 Å². The topological polar surface area (TPSA) is 54.4 Å². The van der Waals surface area contributed by atoms with Crippen molar-refractivity contribution in [1.82, 2.24) is 0 Å². The summed E-state index contributed by atoms with van der Waals surface area (Å²) in [7, 11) is 0. The van der Waals surface area contributed by atoms with E-state index in [4.69, 9.17) is 0 Å². The van der Waals surface area contributed by atoms with Crippen LogP contribution < -0.4 is 0 Å². The summed E-state index contributed by atoms with van der Waals surface area (Å²) in [6.45, 7) is 8.48. The minimum atomic E-state index is -1.63. The van der Waals surface area contributed by atoms with Crippen LogP contribution in [-0.4, -0.2) is 23.3 Å². The molecular formula is C19H26O3. The molecule has 3 nitrogen and oxygen atoms in total. The first-order valence-corrected chi connectivity index (χ1v) is 8.39. The molecule has 0 spiro atoms. The smallest absolute Gasteiger partial charge is 0.156 e. The summed E-state index contributed by atoms with van der Waals surface area (Å²) in [6.07, 6.45) is 7.81. The van der Waals surface area contributed by atoms with Gasteiger partial charge in [0.1, 0.15) is 6.29 Å². The molecule has 3 rings (SSSR count). The number of rotatable bonds is 2. The van der Waals surface area contributed by atoms with E-state index in [0.717, 1.165) is 25.7 Å². The Bertz CT molecular complexity index is 549. The van der Waals surface area contributed by atoms with Crippen molar-refractivity contribution >= 4 is 12.6 Å². The van der Waals surface area contributed by atoms with Crippen molar-refractivity contribution in [3.8, 4) is 0 Å². The van der Waals surface area contributed by atoms with Gasteiger partial charge in [0.25, 0.3) is 0 Å². The van der Waals surface area contributed by atoms with E-state index in [1.54, 1.807) is 6.08 Å². The fraction of sp³-hybridized carbons (Fsp3) is 0.684. The highest BCUT2D eigenvalue weighted by Gasteiger charge is 2.60. The predicted molar refractivity (Wildman–Crippen MR) is 85.1 cm³/mol. The van der Waals surface area contributed by atoms with Crippen LogP contribution in [0.15, 0.2) is 23.8 Å². The van der Waals surface area contributed by atoms with Crippen LogP contribution in [0.3, 0.4) is 0 Å².